The fourth-order valence-corrected chi connectivity index (χ4v) is 1.35. The van der Waals surface area contributed by atoms with Gasteiger partial charge in [-0.2, -0.15) is 0 Å². The number of nitrogens with two attached hydrogens (primary N) is 1. The number of aliphatic hydroxyl groups excluding tert-OH is 1. The zero-order chi connectivity index (χ0) is 11.0. The van der Waals surface area contributed by atoms with Crippen molar-refractivity contribution in [3.8, 4) is 0 Å². The van der Waals surface area contributed by atoms with Crippen LogP contribution in [0.5, 0.6) is 0 Å². The molecule has 1 rings (SSSR count). The van der Waals surface area contributed by atoms with Gasteiger partial charge < -0.3 is 10.8 Å². The molecule has 1 atom stereocenters. The minimum atomic E-state index is 0.150. The van der Waals surface area contributed by atoms with E-state index in [1.54, 1.807) is 6.92 Å². The average molecular weight is 197 g/mol. The molecule has 0 bridgehead atoms. The van der Waals surface area contributed by atoms with Crippen LogP contribution in [-0.2, 0) is 4.79 Å². The van der Waals surface area contributed by atoms with E-state index in [4.69, 9.17) is 10.8 Å². The van der Waals surface area contributed by atoms with Gasteiger partial charge in [-0.15, -0.1) is 0 Å². The highest BCUT2D eigenvalue weighted by Gasteiger charge is 2.09. The summed E-state index contributed by atoms with van der Waals surface area (Å²) in [5, 5.41) is 7.00. The maximum absolute atomic E-state index is 10.9. The van der Waals surface area contributed by atoms with Crippen LogP contribution in [0.3, 0.4) is 0 Å². The van der Waals surface area contributed by atoms with E-state index in [1.165, 1.54) is 0 Å². The summed E-state index contributed by atoms with van der Waals surface area (Å²) in [4.78, 5) is 10.9. The highest BCUT2D eigenvalue weighted by atomic mass is 16.2. The average Bonchev–Trinajstić information content (AvgIpc) is 2.22. The SMILES string of the molecule is CC(=O)C1=CCC(CCN)C=C1.CO. The van der Waals surface area contributed by atoms with Gasteiger partial charge in [0.25, 0.3) is 0 Å². The zero-order valence-corrected chi connectivity index (χ0v) is 8.86. The van der Waals surface area contributed by atoms with Gasteiger partial charge in [0.15, 0.2) is 5.78 Å². The summed E-state index contributed by atoms with van der Waals surface area (Å²) in [5.74, 6) is 0.690. The molecule has 0 spiro atoms. The molecule has 0 saturated carbocycles. The molecule has 0 aromatic carbocycles. The van der Waals surface area contributed by atoms with Crippen LogP contribution in [0.25, 0.3) is 0 Å². The molecule has 80 valence electrons. The summed E-state index contributed by atoms with van der Waals surface area (Å²) in [6.45, 7) is 2.32. The molecular formula is C11H19NO2. The number of rotatable bonds is 3. The number of Topliss-reactive ketones (excluding diaryl/α,β-unsaturated/α-hetero) is 1. The second-order valence-corrected chi connectivity index (χ2v) is 3.15. The maximum Gasteiger partial charge on any atom is 0.159 e. The Balaban J connectivity index is 0.000000791. The Hall–Kier alpha value is -0.930. The van der Waals surface area contributed by atoms with E-state index >= 15 is 0 Å². The second-order valence-electron chi connectivity index (χ2n) is 3.15. The summed E-state index contributed by atoms with van der Waals surface area (Å²) in [7, 11) is 1.00. The first-order chi connectivity index (χ1) is 6.74. The lowest BCUT2D eigenvalue weighted by molar-refractivity contribution is -0.113. The molecule has 1 aliphatic carbocycles. The summed E-state index contributed by atoms with van der Waals surface area (Å²) in [6.07, 6.45) is 7.97. The number of ketones is 1. The van der Waals surface area contributed by atoms with E-state index in [9.17, 15) is 4.79 Å². The summed E-state index contributed by atoms with van der Waals surface area (Å²) in [6, 6.07) is 0. The lowest BCUT2D eigenvalue weighted by Gasteiger charge is -2.13. The van der Waals surface area contributed by atoms with Crippen LogP contribution in [0.1, 0.15) is 19.8 Å². The third-order valence-corrected chi connectivity index (χ3v) is 2.13. The van der Waals surface area contributed by atoms with Crippen molar-refractivity contribution in [2.24, 2.45) is 11.7 Å². The molecule has 0 saturated heterocycles. The van der Waals surface area contributed by atoms with E-state index in [2.05, 4.69) is 6.08 Å². The minimum Gasteiger partial charge on any atom is -0.400 e. The van der Waals surface area contributed by atoms with Gasteiger partial charge in [-0.1, -0.05) is 18.2 Å². The molecule has 3 nitrogen and oxygen atoms in total. The van der Waals surface area contributed by atoms with E-state index in [-0.39, 0.29) is 5.78 Å². The fourth-order valence-electron chi connectivity index (χ4n) is 1.35. The molecule has 0 fully saturated rings. The first-order valence-corrected chi connectivity index (χ1v) is 4.78. The number of carbonyl (C=O) groups is 1. The van der Waals surface area contributed by atoms with Crippen molar-refractivity contribution in [2.75, 3.05) is 13.7 Å². The first kappa shape index (κ1) is 13.1. The standard InChI is InChI=1S/C10H15NO.CH4O/c1-8(12)10-4-2-9(3-5-10)6-7-11;1-2/h2,4-5,9H,3,6-7,11H2,1H3;2H,1H3. The molecule has 3 heteroatoms. The van der Waals surface area contributed by atoms with Crippen molar-refractivity contribution < 1.29 is 9.90 Å². The lowest BCUT2D eigenvalue weighted by atomic mass is 9.93. The van der Waals surface area contributed by atoms with Gasteiger partial charge >= 0.3 is 0 Å². The molecule has 0 heterocycles. The third-order valence-electron chi connectivity index (χ3n) is 2.13. The Kier molecular flexibility index (Phi) is 6.98. The van der Waals surface area contributed by atoms with Crippen molar-refractivity contribution in [3.05, 3.63) is 23.8 Å². The Labute approximate surface area is 85.3 Å². The molecular weight excluding hydrogens is 178 g/mol. The van der Waals surface area contributed by atoms with Gasteiger partial charge in [-0.25, -0.2) is 0 Å². The van der Waals surface area contributed by atoms with Gasteiger partial charge in [-0.3, -0.25) is 4.79 Å². The number of carbonyl (C=O) groups excluding carboxylic acids is 1. The lowest BCUT2D eigenvalue weighted by Crippen LogP contribution is -2.09. The molecule has 1 aliphatic rings. The number of hydrogen-bond acceptors (Lipinski definition) is 3. The van der Waals surface area contributed by atoms with Crippen LogP contribution in [0, 0.1) is 5.92 Å². The molecule has 3 N–H and O–H groups in total. The Morgan fingerprint density at radius 3 is 2.64 bits per heavy atom. The van der Waals surface area contributed by atoms with Crippen LogP contribution < -0.4 is 5.73 Å². The second kappa shape index (κ2) is 7.47. The molecule has 0 amide bonds. The van der Waals surface area contributed by atoms with Crippen LogP contribution in [0.15, 0.2) is 23.8 Å². The monoisotopic (exact) mass is 197 g/mol. The molecule has 14 heavy (non-hydrogen) atoms. The predicted octanol–water partition coefficient (Wildman–Crippen LogP) is 1.04. The van der Waals surface area contributed by atoms with Crippen molar-refractivity contribution in [1.29, 1.82) is 0 Å². The van der Waals surface area contributed by atoms with Crippen LogP contribution >= 0.6 is 0 Å². The topological polar surface area (TPSA) is 63.3 Å². The van der Waals surface area contributed by atoms with Crippen LogP contribution in [-0.4, -0.2) is 24.5 Å². The van der Waals surface area contributed by atoms with E-state index in [0.29, 0.717) is 5.92 Å². The molecule has 0 aliphatic heterocycles. The highest BCUT2D eigenvalue weighted by molar-refractivity contribution is 5.96. The van der Waals surface area contributed by atoms with E-state index < -0.39 is 0 Å². The highest BCUT2D eigenvalue weighted by Crippen LogP contribution is 2.18. The largest absolute Gasteiger partial charge is 0.400 e. The number of hydrogen-bond donors (Lipinski definition) is 2. The zero-order valence-electron chi connectivity index (χ0n) is 8.86. The van der Waals surface area contributed by atoms with Crippen LogP contribution in [0.4, 0.5) is 0 Å². The van der Waals surface area contributed by atoms with Crippen molar-refractivity contribution in [2.45, 2.75) is 19.8 Å². The normalized spacial score (nSPS) is 19.4. The quantitative estimate of drug-likeness (QED) is 0.710. The predicted molar refractivity (Wildman–Crippen MR) is 57.8 cm³/mol. The first-order valence-electron chi connectivity index (χ1n) is 4.78. The smallest absolute Gasteiger partial charge is 0.159 e. The number of allylic oxidation sites excluding steroid dienone is 4. The van der Waals surface area contributed by atoms with E-state index in [0.717, 1.165) is 32.1 Å². The summed E-state index contributed by atoms with van der Waals surface area (Å²) < 4.78 is 0. The van der Waals surface area contributed by atoms with Gasteiger partial charge in [0.2, 0.25) is 0 Å². The fraction of sp³-hybridized carbons (Fsp3) is 0.545. The van der Waals surface area contributed by atoms with Gasteiger partial charge in [0.05, 0.1) is 0 Å². The van der Waals surface area contributed by atoms with Gasteiger partial charge in [0, 0.05) is 12.7 Å². The third kappa shape index (κ3) is 4.35. The maximum atomic E-state index is 10.9. The Morgan fingerprint density at radius 2 is 2.29 bits per heavy atom. The summed E-state index contributed by atoms with van der Waals surface area (Å²) >= 11 is 0. The minimum absolute atomic E-state index is 0.150. The molecule has 0 aromatic heterocycles. The Morgan fingerprint density at radius 1 is 1.64 bits per heavy atom. The van der Waals surface area contributed by atoms with Gasteiger partial charge in [0.1, 0.15) is 0 Å². The van der Waals surface area contributed by atoms with E-state index in [1.807, 2.05) is 12.2 Å². The van der Waals surface area contributed by atoms with Gasteiger partial charge in [-0.05, 0) is 32.2 Å². The van der Waals surface area contributed by atoms with Crippen molar-refractivity contribution >= 4 is 5.78 Å². The molecule has 1 unspecified atom stereocenters. The summed E-state index contributed by atoms with van der Waals surface area (Å²) in [5.41, 5.74) is 6.27. The molecule has 0 radical (unpaired) electrons. The van der Waals surface area contributed by atoms with Crippen molar-refractivity contribution in [3.63, 3.8) is 0 Å². The van der Waals surface area contributed by atoms with Crippen molar-refractivity contribution in [1.82, 2.24) is 0 Å². The Bertz CT molecular complexity index is 231. The van der Waals surface area contributed by atoms with Crippen LogP contribution in [0.2, 0.25) is 0 Å². The molecule has 0 aromatic rings. The number of aliphatic hydroxyl groups is 1.